The zero-order valence-electron chi connectivity index (χ0n) is 16.7. The Kier molecular flexibility index (Phi) is 6.98. The lowest BCUT2D eigenvalue weighted by Gasteiger charge is -2.42. The van der Waals surface area contributed by atoms with Crippen LogP contribution >= 0.6 is 11.3 Å². The minimum atomic E-state index is -3.25. The van der Waals surface area contributed by atoms with E-state index < -0.39 is 10.0 Å². The Balaban J connectivity index is 1.70. The van der Waals surface area contributed by atoms with Crippen molar-refractivity contribution in [2.24, 2.45) is 0 Å². The first kappa shape index (κ1) is 21.1. The number of ether oxygens (including phenoxy) is 1. The number of rotatable bonds is 8. The Morgan fingerprint density at radius 2 is 1.82 bits per heavy atom. The first-order valence-corrected chi connectivity index (χ1v) is 12.1. The number of sulfonamides is 1. The van der Waals surface area contributed by atoms with Crippen LogP contribution in [0.15, 0.2) is 41.8 Å². The Hall–Kier alpha value is -1.61. The van der Waals surface area contributed by atoms with Gasteiger partial charge >= 0.3 is 0 Å². The average Bonchev–Trinajstić information content (AvgIpc) is 3.22. The second kappa shape index (κ2) is 9.26. The fraction of sp³-hybridized carbons (Fsp3) is 0.500. The van der Waals surface area contributed by atoms with Gasteiger partial charge in [-0.3, -0.25) is 4.90 Å². The molecule has 28 heavy (non-hydrogen) atoms. The molecule has 0 unspecified atom stereocenters. The molecule has 3 rings (SSSR count). The van der Waals surface area contributed by atoms with E-state index >= 15 is 0 Å². The average molecular weight is 424 g/mol. The van der Waals surface area contributed by atoms with Gasteiger partial charge < -0.3 is 9.64 Å². The standard InChI is InChI=1S/C20H29N3O3S2/c1-4-28(24,25)21-16(2)20(19-6-5-15-27-19)23-13-11-22(12-14-23)17-7-9-18(26-3)10-8-17/h5-10,15-16,20-21H,4,11-14H2,1-3H3/t16-,20+/m0/s1. The third-order valence-corrected chi connectivity index (χ3v) is 7.63. The predicted octanol–water partition coefficient (Wildman–Crippen LogP) is 2.95. The SMILES string of the molecule is CCS(=O)(=O)N[C@@H](C)[C@H](c1cccs1)N1CCN(c2ccc(OC)cc2)CC1. The second-order valence-corrected chi connectivity index (χ2v) is 10.0. The maximum absolute atomic E-state index is 12.1. The highest BCUT2D eigenvalue weighted by molar-refractivity contribution is 7.89. The van der Waals surface area contributed by atoms with E-state index in [1.165, 1.54) is 10.6 Å². The third kappa shape index (κ3) is 5.05. The second-order valence-electron chi connectivity index (χ2n) is 6.99. The number of methoxy groups -OCH3 is 1. The third-order valence-electron chi connectivity index (χ3n) is 5.20. The molecule has 1 aliphatic rings. The van der Waals surface area contributed by atoms with Gasteiger partial charge in [0.25, 0.3) is 0 Å². The minimum Gasteiger partial charge on any atom is -0.497 e. The molecule has 2 atom stereocenters. The van der Waals surface area contributed by atoms with E-state index in [0.717, 1.165) is 31.9 Å². The van der Waals surface area contributed by atoms with Crippen molar-refractivity contribution >= 4 is 27.0 Å². The van der Waals surface area contributed by atoms with Crippen LogP contribution in [0.25, 0.3) is 0 Å². The molecular weight excluding hydrogens is 394 g/mol. The molecule has 0 amide bonds. The van der Waals surface area contributed by atoms with Crippen molar-refractivity contribution in [3.8, 4) is 5.75 Å². The van der Waals surface area contributed by atoms with Gasteiger partial charge in [0.1, 0.15) is 5.75 Å². The lowest BCUT2D eigenvalue weighted by molar-refractivity contribution is 0.164. The Bertz CT molecular complexity index is 830. The van der Waals surface area contributed by atoms with Gasteiger partial charge in [-0.2, -0.15) is 0 Å². The minimum absolute atomic E-state index is 0.0411. The monoisotopic (exact) mass is 423 g/mol. The van der Waals surface area contributed by atoms with Crippen LogP contribution in [0.5, 0.6) is 5.75 Å². The lowest BCUT2D eigenvalue weighted by Crippen LogP contribution is -2.52. The highest BCUT2D eigenvalue weighted by Crippen LogP contribution is 2.30. The van der Waals surface area contributed by atoms with Gasteiger partial charge in [-0.1, -0.05) is 6.07 Å². The van der Waals surface area contributed by atoms with Gasteiger partial charge in [0.05, 0.1) is 18.9 Å². The first-order chi connectivity index (χ1) is 13.4. The maximum atomic E-state index is 12.1. The highest BCUT2D eigenvalue weighted by atomic mass is 32.2. The Morgan fingerprint density at radius 3 is 2.36 bits per heavy atom. The van der Waals surface area contributed by atoms with E-state index in [4.69, 9.17) is 4.74 Å². The number of anilines is 1. The van der Waals surface area contributed by atoms with Crippen LogP contribution in [0.2, 0.25) is 0 Å². The number of thiophene rings is 1. The van der Waals surface area contributed by atoms with Crippen LogP contribution < -0.4 is 14.4 Å². The van der Waals surface area contributed by atoms with E-state index in [9.17, 15) is 8.42 Å². The van der Waals surface area contributed by atoms with Crippen LogP contribution in [0.1, 0.15) is 24.8 Å². The number of hydrogen-bond acceptors (Lipinski definition) is 6. The maximum Gasteiger partial charge on any atom is 0.211 e. The van der Waals surface area contributed by atoms with Crippen LogP contribution in [-0.4, -0.2) is 58.4 Å². The van der Waals surface area contributed by atoms with Crippen molar-refractivity contribution in [3.63, 3.8) is 0 Å². The summed E-state index contributed by atoms with van der Waals surface area (Å²) in [5, 5.41) is 2.05. The van der Waals surface area contributed by atoms with E-state index in [0.29, 0.717) is 0 Å². The van der Waals surface area contributed by atoms with Crippen molar-refractivity contribution in [3.05, 3.63) is 46.7 Å². The molecule has 154 valence electrons. The summed E-state index contributed by atoms with van der Waals surface area (Å²) in [5.41, 5.74) is 1.19. The van der Waals surface area contributed by atoms with Gasteiger partial charge in [-0.05, 0) is 49.6 Å². The van der Waals surface area contributed by atoms with Crippen molar-refractivity contribution in [1.29, 1.82) is 0 Å². The van der Waals surface area contributed by atoms with E-state index in [1.807, 2.05) is 25.1 Å². The number of benzene rings is 1. The smallest absolute Gasteiger partial charge is 0.211 e. The predicted molar refractivity (Wildman–Crippen MR) is 116 cm³/mol. The number of nitrogens with zero attached hydrogens (tertiary/aromatic N) is 2. The molecule has 1 aliphatic heterocycles. The van der Waals surface area contributed by atoms with Gasteiger partial charge in [-0.15, -0.1) is 11.3 Å². The Morgan fingerprint density at radius 1 is 1.14 bits per heavy atom. The zero-order chi connectivity index (χ0) is 20.1. The van der Waals surface area contributed by atoms with E-state index in [2.05, 4.69) is 38.1 Å². The summed E-state index contributed by atoms with van der Waals surface area (Å²) in [7, 11) is -1.58. The van der Waals surface area contributed by atoms with Crippen LogP contribution in [0.3, 0.4) is 0 Å². The first-order valence-electron chi connectivity index (χ1n) is 9.60. The van der Waals surface area contributed by atoms with Crippen LogP contribution in [0, 0.1) is 0 Å². The van der Waals surface area contributed by atoms with Gasteiger partial charge in [0.2, 0.25) is 10.0 Å². The number of hydrogen-bond donors (Lipinski definition) is 1. The summed E-state index contributed by atoms with van der Waals surface area (Å²) in [6.45, 7) is 7.21. The molecule has 1 saturated heterocycles. The van der Waals surface area contributed by atoms with Crippen molar-refractivity contribution in [2.75, 3.05) is 43.9 Å². The Labute approximate surface area is 172 Å². The number of nitrogens with one attached hydrogen (secondary N) is 1. The topological polar surface area (TPSA) is 61.9 Å². The van der Waals surface area contributed by atoms with Crippen molar-refractivity contribution in [2.45, 2.75) is 25.9 Å². The van der Waals surface area contributed by atoms with Crippen molar-refractivity contribution in [1.82, 2.24) is 9.62 Å². The molecule has 1 N–H and O–H groups in total. The van der Waals surface area contributed by atoms with Gasteiger partial charge in [-0.25, -0.2) is 13.1 Å². The highest BCUT2D eigenvalue weighted by Gasteiger charge is 2.31. The molecule has 1 fully saturated rings. The molecule has 8 heteroatoms. The molecule has 1 aromatic carbocycles. The van der Waals surface area contributed by atoms with Crippen LogP contribution in [0.4, 0.5) is 5.69 Å². The fourth-order valence-corrected chi connectivity index (χ4v) is 5.51. The summed E-state index contributed by atoms with van der Waals surface area (Å²) >= 11 is 1.68. The van der Waals surface area contributed by atoms with Crippen molar-refractivity contribution < 1.29 is 13.2 Å². The number of piperazine rings is 1. The molecule has 2 heterocycles. The van der Waals surface area contributed by atoms with E-state index in [1.54, 1.807) is 25.4 Å². The molecule has 0 spiro atoms. The molecule has 0 saturated carbocycles. The molecule has 0 aliphatic carbocycles. The van der Waals surface area contributed by atoms with Crippen LogP contribution in [-0.2, 0) is 10.0 Å². The largest absolute Gasteiger partial charge is 0.497 e. The zero-order valence-corrected chi connectivity index (χ0v) is 18.3. The summed E-state index contributed by atoms with van der Waals surface area (Å²) in [4.78, 5) is 5.96. The molecule has 1 aromatic heterocycles. The van der Waals surface area contributed by atoms with Gasteiger partial charge in [0.15, 0.2) is 0 Å². The molecular formula is C20H29N3O3S2. The van der Waals surface area contributed by atoms with E-state index in [-0.39, 0.29) is 17.8 Å². The summed E-state index contributed by atoms with van der Waals surface area (Å²) < 4.78 is 32.3. The summed E-state index contributed by atoms with van der Waals surface area (Å²) in [6.07, 6.45) is 0. The molecule has 6 nitrogen and oxygen atoms in total. The fourth-order valence-electron chi connectivity index (χ4n) is 3.68. The summed E-state index contributed by atoms with van der Waals surface area (Å²) in [6, 6.07) is 12.1. The summed E-state index contributed by atoms with van der Waals surface area (Å²) in [5.74, 6) is 0.955. The van der Waals surface area contributed by atoms with Gasteiger partial charge in [0, 0.05) is 42.8 Å². The quantitative estimate of drug-likeness (QED) is 0.707. The molecule has 0 bridgehead atoms. The molecule has 2 aromatic rings. The molecule has 0 radical (unpaired) electrons. The normalized spacial score (nSPS) is 18.0. The lowest BCUT2D eigenvalue weighted by atomic mass is 10.1.